The van der Waals surface area contributed by atoms with Gasteiger partial charge < -0.3 is 5.32 Å². The van der Waals surface area contributed by atoms with Crippen LogP contribution in [0, 0.1) is 17.5 Å². The molecular formula is C22H16ClF3N2O3S. The number of hydrogen-bond acceptors (Lipinski definition) is 3. The van der Waals surface area contributed by atoms with Crippen LogP contribution in [0.2, 0.25) is 5.02 Å². The molecule has 0 aliphatic rings. The fraction of sp³-hybridized carbons (Fsp3) is 0.0455. The molecule has 0 fully saturated rings. The number of nitrogens with zero attached hydrogens (tertiary/aromatic N) is 1. The Bertz CT molecular complexity index is 1280. The Morgan fingerprint density at radius 1 is 1.00 bits per heavy atom. The Hall–Kier alpha value is -3.30. The summed E-state index contributed by atoms with van der Waals surface area (Å²) in [6.07, 6.45) is 1.33. The molecule has 1 amide bonds. The van der Waals surface area contributed by atoms with E-state index in [4.69, 9.17) is 11.6 Å². The van der Waals surface area contributed by atoms with Crippen molar-refractivity contribution >= 4 is 38.9 Å². The van der Waals surface area contributed by atoms with Gasteiger partial charge in [0.05, 0.1) is 22.9 Å². The molecular weight excluding hydrogens is 465 g/mol. The summed E-state index contributed by atoms with van der Waals surface area (Å²) in [5, 5.41) is 2.02. The summed E-state index contributed by atoms with van der Waals surface area (Å²) in [6.45, 7) is 3.38. The van der Waals surface area contributed by atoms with E-state index >= 15 is 0 Å². The largest absolute Gasteiger partial charge is 0.319 e. The van der Waals surface area contributed by atoms with Crippen LogP contribution < -0.4 is 9.62 Å². The molecule has 3 aromatic rings. The Labute approximate surface area is 187 Å². The molecule has 0 atom stereocenters. The molecule has 0 saturated carbocycles. The lowest BCUT2D eigenvalue weighted by atomic mass is 10.2. The average molecular weight is 481 g/mol. The molecule has 0 aliphatic carbocycles. The van der Waals surface area contributed by atoms with Crippen molar-refractivity contribution < 1.29 is 26.4 Å². The molecule has 0 aliphatic heterocycles. The minimum Gasteiger partial charge on any atom is -0.319 e. The first kappa shape index (κ1) is 23.4. The number of hydrogen-bond donors (Lipinski definition) is 1. The Morgan fingerprint density at radius 2 is 1.66 bits per heavy atom. The van der Waals surface area contributed by atoms with Crippen LogP contribution in [0.15, 0.2) is 78.2 Å². The number of anilines is 2. The summed E-state index contributed by atoms with van der Waals surface area (Å²) >= 11 is 6.12. The lowest BCUT2D eigenvalue weighted by Gasteiger charge is -2.24. The van der Waals surface area contributed by atoms with Crippen molar-refractivity contribution in [1.29, 1.82) is 0 Å². The number of carbonyl (C=O) groups excluding carboxylic acids is 1. The normalized spacial score (nSPS) is 11.1. The number of amides is 1. The summed E-state index contributed by atoms with van der Waals surface area (Å²) in [5.41, 5.74) is -0.415. The maximum absolute atomic E-state index is 13.8. The minimum atomic E-state index is -4.31. The summed E-state index contributed by atoms with van der Waals surface area (Å²) in [4.78, 5) is 12.2. The van der Waals surface area contributed by atoms with Crippen molar-refractivity contribution in [3.05, 3.63) is 101 Å². The molecule has 0 bridgehead atoms. The van der Waals surface area contributed by atoms with Crippen LogP contribution in [0.1, 0.15) is 10.4 Å². The molecule has 0 unspecified atom stereocenters. The van der Waals surface area contributed by atoms with Crippen LogP contribution in [-0.2, 0) is 10.0 Å². The third kappa shape index (κ3) is 4.95. The molecule has 5 nitrogen and oxygen atoms in total. The maximum Gasteiger partial charge on any atom is 0.266 e. The molecule has 166 valence electrons. The van der Waals surface area contributed by atoms with Gasteiger partial charge in [0.1, 0.15) is 22.3 Å². The van der Waals surface area contributed by atoms with Gasteiger partial charge in [0.2, 0.25) is 0 Å². The lowest BCUT2D eigenvalue weighted by molar-refractivity contribution is 0.102. The molecule has 3 rings (SSSR count). The summed E-state index contributed by atoms with van der Waals surface area (Å²) in [7, 11) is -4.31. The highest BCUT2D eigenvalue weighted by Gasteiger charge is 2.28. The van der Waals surface area contributed by atoms with Crippen LogP contribution in [0.25, 0.3) is 0 Å². The Kier molecular flexibility index (Phi) is 6.90. The van der Waals surface area contributed by atoms with Crippen molar-refractivity contribution in [1.82, 2.24) is 0 Å². The molecule has 3 aromatic carbocycles. The number of carbonyl (C=O) groups is 1. The van der Waals surface area contributed by atoms with Gasteiger partial charge in [-0.2, -0.15) is 0 Å². The Balaban J connectivity index is 2.00. The molecule has 0 heterocycles. The van der Waals surface area contributed by atoms with E-state index in [1.165, 1.54) is 30.3 Å². The van der Waals surface area contributed by atoms with Crippen LogP contribution in [-0.4, -0.2) is 20.9 Å². The molecule has 0 radical (unpaired) electrons. The molecule has 0 aromatic heterocycles. The van der Waals surface area contributed by atoms with Crippen LogP contribution in [0.3, 0.4) is 0 Å². The van der Waals surface area contributed by atoms with Gasteiger partial charge >= 0.3 is 0 Å². The first-order chi connectivity index (χ1) is 15.1. The highest BCUT2D eigenvalue weighted by molar-refractivity contribution is 7.93. The third-order valence-electron chi connectivity index (χ3n) is 4.35. The Morgan fingerprint density at radius 3 is 2.31 bits per heavy atom. The second-order valence-electron chi connectivity index (χ2n) is 6.52. The fourth-order valence-electron chi connectivity index (χ4n) is 2.82. The van der Waals surface area contributed by atoms with E-state index in [1.807, 2.05) is 0 Å². The average Bonchev–Trinajstić information content (AvgIpc) is 2.75. The zero-order chi connectivity index (χ0) is 23.5. The lowest BCUT2D eigenvalue weighted by Crippen LogP contribution is -2.31. The predicted molar refractivity (Wildman–Crippen MR) is 117 cm³/mol. The number of halogens is 4. The first-order valence-electron chi connectivity index (χ1n) is 9.08. The van der Waals surface area contributed by atoms with E-state index in [1.54, 1.807) is 0 Å². The molecule has 32 heavy (non-hydrogen) atoms. The van der Waals surface area contributed by atoms with Gasteiger partial charge in [0, 0.05) is 11.6 Å². The highest BCUT2D eigenvalue weighted by Crippen LogP contribution is 2.30. The van der Waals surface area contributed by atoms with Gasteiger partial charge in [-0.3, -0.25) is 9.10 Å². The number of nitrogens with one attached hydrogen (secondary N) is 1. The number of sulfonamides is 1. The van der Waals surface area contributed by atoms with Gasteiger partial charge in [-0.1, -0.05) is 17.7 Å². The summed E-state index contributed by atoms with van der Waals surface area (Å²) in [6, 6.07) is 10.7. The van der Waals surface area contributed by atoms with Gasteiger partial charge in [-0.05, 0) is 54.6 Å². The SMILES string of the molecule is C=CCN(c1ccc(F)cc1)S(=O)(=O)c1cc(C(=O)Nc2cc(F)ccc2F)ccc1Cl. The van der Waals surface area contributed by atoms with Crippen molar-refractivity contribution in [3.63, 3.8) is 0 Å². The predicted octanol–water partition coefficient (Wildman–Crippen LogP) is 5.39. The maximum atomic E-state index is 13.8. The van der Waals surface area contributed by atoms with Crippen molar-refractivity contribution in [3.8, 4) is 0 Å². The van der Waals surface area contributed by atoms with E-state index in [-0.39, 0.29) is 22.8 Å². The second-order valence-corrected chi connectivity index (χ2v) is 8.76. The quantitative estimate of drug-likeness (QED) is 0.461. The topological polar surface area (TPSA) is 66.5 Å². The van der Waals surface area contributed by atoms with Crippen LogP contribution >= 0.6 is 11.6 Å². The van der Waals surface area contributed by atoms with Crippen LogP contribution in [0.5, 0.6) is 0 Å². The van der Waals surface area contributed by atoms with Gasteiger partial charge in [0.25, 0.3) is 15.9 Å². The van der Waals surface area contributed by atoms with Gasteiger partial charge in [0.15, 0.2) is 0 Å². The van der Waals surface area contributed by atoms with E-state index in [2.05, 4.69) is 11.9 Å². The molecule has 10 heteroatoms. The fourth-order valence-corrected chi connectivity index (χ4v) is 4.75. The van der Waals surface area contributed by atoms with Crippen molar-refractivity contribution in [2.45, 2.75) is 4.90 Å². The second kappa shape index (κ2) is 9.46. The minimum absolute atomic E-state index is 0.152. The van der Waals surface area contributed by atoms with Gasteiger partial charge in [-0.25, -0.2) is 21.6 Å². The van der Waals surface area contributed by atoms with E-state index in [0.717, 1.165) is 40.7 Å². The highest BCUT2D eigenvalue weighted by atomic mass is 35.5. The number of benzene rings is 3. The first-order valence-corrected chi connectivity index (χ1v) is 10.9. The molecule has 0 saturated heterocycles. The van der Waals surface area contributed by atoms with E-state index < -0.39 is 44.0 Å². The van der Waals surface area contributed by atoms with E-state index in [0.29, 0.717) is 0 Å². The summed E-state index contributed by atoms with van der Waals surface area (Å²) < 4.78 is 68.1. The zero-order valence-electron chi connectivity index (χ0n) is 16.4. The number of rotatable bonds is 7. The van der Waals surface area contributed by atoms with Gasteiger partial charge in [-0.15, -0.1) is 6.58 Å². The van der Waals surface area contributed by atoms with E-state index in [9.17, 15) is 26.4 Å². The standard InChI is InChI=1S/C22H16ClF3N2O3S/c1-2-11-28(17-7-4-15(24)5-8-17)32(30,31)21-12-14(3-9-18(21)23)22(29)27-20-13-16(25)6-10-19(20)26/h2-10,12-13H,1,11H2,(H,27,29). The molecule has 1 N–H and O–H groups in total. The molecule has 0 spiro atoms. The van der Waals surface area contributed by atoms with Crippen molar-refractivity contribution in [2.75, 3.05) is 16.2 Å². The third-order valence-corrected chi connectivity index (χ3v) is 6.62. The monoisotopic (exact) mass is 480 g/mol. The van der Waals surface area contributed by atoms with Crippen molar-refractivity contribution in [2.24, 2.45) is 0 Å². The zero-order valence-corrected chi connectivity index (χ0v) is 17.9. The summed E-state index contributed by atoms with van der Waals surface area (Å²) in [5.74, 6) is -3.05. The van der Waals surface area contributed by atoms with Crippen LogP contribution in [0.4, 0.5) is 24.5 Å². The smallest absolute Gasteiger partial charge is 0.266 e.